The number of carbonyl (C=O) groups excluding carboxylic acids is 1. The third kappa shape index (κ3) is 3.88. The van der Waals surface area contributed by atoms with Crippen LogP contribution < -0.4 is 5.73 Å². The standard InChI is InChI=1S/C12H15NO4/c1-2-17-12(16)9-5-3-4-8(6-9)7-10(13)11(14)15/h3-6,10H,2,7,13H2,1H3,(H,14,15)/t10-/m0/s1. The molecule has 0 saturated heterocycles. The van der Waals surface area contributed by atoms with Gasteiger partial charge in [-0.2, -0.15) is 0 Å². The highest BCUT2D eigenvalue weighted by atomic mass is 16.5. The first kappa shape index (κ1) is 13.2. The first-order valence-corrected chi connectivity index (χ1v) is 5.29. The molecule has 0 aliphatic carbocycles. The van der Waals surface area contributed by atoms with Crippen LogP contribution in [0.3, 0.4) is 0 Å². The molecule has 3 N–H and O–H groups in total. The van der Waals surface area contributed by atoms with Crippen LogP contribution in [0.4, 0.5) is 0 Å². The summed E-state index contributed by atoms with van der Waals surface area (Å²) in [6, 6.07) is 5.66. The molecule has 0 aliphatic heterocycles. The Kier molecular flexibility index (Phi) is 4.66. The lowest BCUT2D eigenvalue weighted by Crippen LogP contribution is -2.32. The van der Waals surface area contributed by atoms with E-state index in [4.69, 9.17) is 15.6 Å². The molecule has 5 nitrogen and oxygen atoms in total. The van der Waals surface area contributed by atoms with E-state index in [1.807, 2.05) is 0 Å². The lowest BCUT2D eigenvalue weighted by atomic mass is 10.0. The van der Waals surface area contributed by atoms with Gasteiger partial charge >= 0.3 is 11.9 Å². The van der Waals surface area contributed by atoms with E-state index in [-0.39, 0.29) is 6.42 Å². The van der Waals surface area contributed by atoms with Gasteiger partial charge in [0.25, 0.3) is 0 Å². The summed E-state index contributed by atoms with van der Waals surface area (Å²) in [5.41, 5.74) is 6.52. The number of benzene rings is 1. The molecule has 1 rings (SSSR count). The summed E-state index contributed by atoms with van der Waals surface area (Å²) in [5, 5.41) is 8.69. The third-order valence-corrected chi connectivity index (χ3v) is 2.21. The molecular weight excluding hydrogens is 222 g/mol. The molecule has 0 aromatic heterocycles. The minimum atomic E-state index is -1.06. The van der Waals surface area contributed by atoms with E-state index >= 15 is 0 Å². The number of nitrogens with two attached hydrogens (primary N) is 1. The maximum Gasteiger partial charge on any atom is 0.338 e. The monoisotopic (exact) mass is 237 g/mol. The second kappa shape index (κ2) is 6.00. The molecule has 0 heterocycles. The highest BCUT2D eigenvalue weighted by Gasteiger charge is 2.13. The number of carbonyl (C=O) groups is 2. The van der Waals surface area contributed by atoms with E-state index in [9.17, 15) is 9.59 Å². The normalized spacial score (nSPS) is 11.9. The Morgan fingerprint density at radius 3 is 2.76 bits per heavy atom. The molecule has 0 unspecified atom stereocenters. The van der Waals surface area contributed by atoms with Crippen molar-refractivity contribution in [2.75, 3.05) is 6.61 Å². The van der Waals surface area contributed by atoms with Crippen LogP contribution in [0.5, 0.6) is 0 Å². The molecule has 17 heavy (non-hydrogen) atoms. The molecule has 0 bridgehead atoms. The molecule has 0 saturated carbocycles. The number of ether oxygens (including phenoxy) is 1. The minimum Gasteiger partial charge on any atom is -0.480 e. The molecular formula is C12H15NO4. The van der Waals surface area contributed by atoms with Gasteiger partial charge in [-0.1, -0.05) is 12.1 Å². The van der Waals surface area contributed by atoms with Crippen molar-refractivity contribution in [3.8, 4) is 0 Å². The smallest absolute Gasteiger partial charge is 0.338 e. The summed E-state index contributed by atoms with van der Waals surface area (Å²) in [6.07, 6.45) is 0.183. The van der Waals surface area contributed by atoms with Gasteiger partial charge in [-0.15, -0.1) is 0 Å². The molecule has 92 valence electrons. The summed E-state index contributed by atoms with van der Waals surface area (Å²) >= 11 is 0. The van der Waals surface area contributed by atoms with Crippen LogP contribution in [0.2, 0.25) is 0 Å². The summed E-state index contributed by atoms with van der Waals surface area (Å²) < 4.78 is 4.85. The van der Waals surface area contributed by atoms with E-state index in [1.54, 1.807) is 31.2 Å². The number of hydrogen-bond acceptors (Lipinski definition) is 4. The van der Waals surface area contributed by atoms with Crippen LogP contribution in [0.15, 0.2) is 24.3 Å². The summed E-state index contributed by atoms with van der Waals surface area (Å²) in [4.78, 5) is 22.1. The van der Waals surface area contributed by atoms with E-state index in [1.165, 1.54) is 0 Å². The van der Waals surface area contributed by atoms with Gasteiger partial charge in [-0.25, -0.2) is 4.79 Å². The summed E-state index contributed by atoms with van der Waals surface area (Å²) in [6.45, 7) is 2.03. The Balaban J connectivity index is 2.79. The van der Waals surface area contributed by atoms with Crippen LogP contribution in [0.25, 0.3) is 0 Å². The zero-order chi connectivity index (χ0) is 12.8. The molecule has 1 atom stereocenters. The maximum atomic E-state index is 11.4. The fourth-order valence-corrected chi connectivity index (χ4v) is 1.38. The molecule has 0 spiro atoms. The largest absolute Gasteiger partial charge is 0.480 e. The van der Waals surface area contributed by atoms with Crippen LogP contribution in [0.1, 0.15) is 22.8 Å². The molecule has 1 aromatic carbocycles. The SMILES string of the molecule is CCOC(=O)c1cccc(C[C@H](N)C(=O)O)c1. The number of carboxylic acids is 1. The van der Waals surface area contributed by atoms with E-state index in [2.05, 4.69) is 0 Å². The first-order valence-electron chi connectivity index (χ1n) is 5.29. The van der Waals surface area contributed by atoms with Crippen molar-refractivity contribution in [3.05, 3.63) is 35.4 Å². The lowest BCUT2D eigenvalue weighted by Gasteiger charge is -2.08. The lowest BCUT2D eigenvalue weighted by molar-refractivity contribution is -0.138. The van der Waals surface area contributed by atoms with Gasteiger partial charge in [-0.05, 0) is 31.0 Å². The molecule has 0 amide bonds. The molecule has 1 aromatic rings. The van der Waals surface area contributed by atoms with Gasteiger partial charge in [0.2, 0.25) is 0 Å². The van der Waals surface area contributed by atoms with E-state index in [0.717, 1.165) is 0 Å². The fraction of sp³-hybridized carbons (Fsp3) is 0.333. The number of rotatable bonds is 5. The van der Waals surface area contributed by atoms with Crippen molar-refractivity contribution in [2.45, 2.75) is 19.4 Å². The topological polar surface area (TPSA) is 89.6 Å². The predicted molar refractivity (Wildman–Crippen MR) is 61.7 cm³/mol. The maximum absolute atomic E-state index is 11.4. The second-order valence-corrected chi connectivity index (χ2v) is 3.57. The molecule has 0 fully saturated rings. The van der Waals surface area contributed by atoms with Crippen molar-refractivity contribution < 1.29 is 19.4 Å². The Bertz CT molecular complexity index is 417. The number of esters is 1. The quantitative estimate of drug-likeness (QED) is 0.740. The highest BCUT2D eigenvalue weighted by molar-refractivity contribution is 5.89. The number of carboxylic acid groups (broad SMARTS) is 1. The third-order valence-electron chi connectivity index (χ3n) is 2.21. The second-order valence-electron chi connectivity index (χ2n) is 3.57. The Morgan fingerprint density at radius 1 is 1.47 bits per heavy atom. The Labute approximate surface area is 99.2 Å². The summed E-state index contributed by atoms with van der Waals surface area (Å²) in [5.74, 6) is -1.48. The number of aliphatic carboxylic acids is 1. The average Bonchev–Trinajstić information content (AvgIpc) is 2.29. The van der Waals surface area contributed by atoms with Gasteiger partial charge in [0.15, 0.2) is 0 Å². The van der Waals surface area contributed by atoms with Gasteiger partial charge in [0.05, 0.1) is 12.2 Å². The zero-order valence-corrected chi connectivity index (χ0v) is 9.55. The van der Waals surface area contributed by atoms with Crippen molar-refractivity contribution in [1.82, 2.24) is 0 Å². The van der Waals surface area contributed by atoms with Crippen molar-refractivity contribution >= 4 is 11.9 Å². The summed E-state index contributed by atoms with van der Waals surface area (Å²) in [7, 11) is 0. The van der Waals surface area contributed by atoms with Crippen LogP contribution >= 0.6 is 0 Å². The minimum absolute atomic E-state index is 0.183. The predicted octanol–water partition coefficient (Wildman–Crippen LogP) is 0.818. The van der Waals surface area contributed by atoms with Gasteiger partial charge < -0.3 is 15.6 Å². The molecule has 0 aliphatic rings. The zero-order valence-electron chi connectivity index (χ0n) is 9.55. The molecule has 0 radical (unpaired) electrons. The van der Waals surface area contributed by atoms with Crippen LogP contribution in [-0.2, 0) is 16.0 Å². The van der Waals surface area contributed by atoms with Gasteiger partial charge in [0, 0.05) is 0 Å². The van der Waals surface area contributed by atoms with Crippen molar-refractivity contribution in [3.63, 3.8) is 0 Å². The van der Waals surface area contributed by atoms with Crippen LogP contribution in [0, 0.1) is 0 Å². The van der Waals surface area contributed by atoms with E-state index in [0.29, 0.717) is 17.7 Å². The van der Waals surface area contributed by atoms with Gasteiger partial charge in [0.1, 0.15) is 6.04 Å². The fourth-order valence-electron chi connectivity index (χ4n) is 1.38. The average molecular weight is 237 g/mol. The van der Waals surface area contributed by atoms with E-state index < -0.39 is 18.0 Å². The molecule has 5 heteroatoms. The van der Waals surface area contributed by atoms with Gasteiger partial charge in [-0.3, -0.25) is 4.79 Å². The van der Waals surface area contributed by atoms with Crippen molar-refractivity contribution in [2.24, 2.45) is 5.73 Å². The highest BCUT2D eigenvalue weighted by Crippen LogP contribution is 2.09. The first-order chi connectivity index (χ1) is 8.04. The van der Waals surface area contributed by atoms with Crippen LogP contribution in [-0.4, -0.2) is 29.7 Å². The Hall–Kier alpha value is -1.88. The Morgan fingerprint density at radius 2 is 2.18 bits per heavy atom. The number of hydrogen-bond donors (Lipinski definition) is 2. The van der Waals surface area contributed by atoms with Crippen molar-refractivity contribution in [1.29, 1.82) is 0 Å².